The zero-order valence-corrected chi connectivity index (χ0v) is 8.19. The van der Waals surface area contributed by atoms with E-state index >= 15 is 0 Å². The highest BCUT2D eigenvalue weighted by atomic mass is 127. The van der Waals surface area contributed by atoms with Gasteiger partial charge in [0.1, 0.15) is 0 Å². The summed E-state index contributed by atoms with van der Waals surface area (Å²) in [6, 6.07) is 7.66. The molecule has 0 saturated carbocycles. The van der Waals surface area contributed by atoms with Crippen LogP contribution in [0.1, 0.15) is 5.56 Å². The second-order valence-electron chi connectivity index (χ2n) is 1.92. The van der Waals surface area contributed by atoms with Crippen LogP contribution in [0.2, 0.25) is 5.02 Å². The molecule has 0 heterocycles. The first-order chi connectivity index (χ1) is 4.70. The third-order valence-corrected chi connectivity index (χ3v) is 2.00. The van der Waals surface area contributed by atoms with Gasteiger partial charge in [-0.3, -0.25) is 0 Å². The Bertz CT molecular complexity index is 255. The fourth-order valence-electron chi connectivity index (χ4n) is 0.657. The topological polar surface area (TPSA) is 0 Å². The van der Waals surface area contributed by atoms with Crippen molar-refractivity contribution in [3.05, 3.63) is 41.4 Å². The minimum Gasteiger partial charge on any atom is -0.0850 e. The maximum Gasteiger partial charge on any atom is 0.0412 e. The van der Waals surface area contributed by atoms with Crippen molar-refractivity contribution in [2.75, 3.05) is 0 Å². The molecule has 1 rings (SSSR count). The van der Waals surface area contributed by atoms with Gasteiger partial charge < -0.3 is 0 Å². The molecule has 2 heteroatoms. The van der Waals surface area contributed by atoms with Gasteiger partial charge in [-0.1, -0.05) is 30.3 Å². The zero-order valence-electron chi connectivity index (χ0n) is 5.27. The van der Waals surface area contributed by atoms with Crippen molar-refractivity contribution in [2.45, 2.75) is 0 Å². The molecule has 0 radical (unpaired) electrons. The molecule has 0 saturated heterocycles. The molecule has 0 fully saturated rings. The highest BCUT2D eigenvalue weighted by molar-refractivity contribution is 14.1. The lowest BCUT2D eigenvalue weighted by atomic mass is 10.2. The van der Waals surface area contributed by atoms with Crippen molar-refractivity contribution >= 4 is 37.8 Å². The summed E-state index contributed by atoms with van der Waals surface area (Å²) in [6.07, 6.45) is 0. The van der Waals surface area contributed by atoms with Gasteiger partial charge in [0.25, 0.3) is 0 Å². The Morgan fingerprint density at radius 1 is 1.50 bits per heavy atom. The maximum absolute atomic E-state index is 5.74. The summed E-state index contributed by atoms with van der Waals surface area (Å²) < 4.78 is 1.01. The standard InChI is InChI=1S/C8H6ClI/c1-6(10)7-3-2-4-8(9)5-7/h2-5H,1H2. The first-order valence-electron chi connectivity index (χ1n) is 2.80. The number of hydrogen-bond donors (Lipinski definition) is 0. The van der Waals surface area contributed by atoms with E-state index in [1.165, 1.54) is 0 Å². The lowest BCUT2D eigenvalue weighted by molar-refractivity contribution is 1.66. The van der Waals surface area contributed by atoms with Crippen molar-refractivity contribution in [1.29, 1.82) is 0 Å². The molecule has 1 aromatic carbocycles. The summed E-state index contributed by atoms with van der Waals surface area (Å²) in [5.41, 5.74) is 1.09. The molecule has 0 nitrogen and oxygen atoms in total. The van der Waals surface area contributed by atoms with Gasteiger partial charge >= 0.3 is 0 Å². The molecule has 0 N–H and O–H groups in total. The molecule has 0 aromatic heterocycles. The van der Waals surface area contributed by atoms with Crippen LogP contribution in [0.25, 0.3) is 3.58 Å². The van der Waals surface area contributed by atoms with Crippen molar-refractivity contribution < 1.29 is 0 Å². The highest BCUT2D eigenvalue weighted by Gasteiger charge is 1.93. The van der Waals surface area contributed by atoms with Gasteiger partial charge in [-0.2, -0.15) is 0 Å². The molecular formula is C8H6ClI. The minimum absolute atomic E-state index is 0.760. The van der Waals surface area contributed by atoms with Crippen molar-refractivity contribution in [3.63, 3.8) is 0 Å². The molecule has 52 valence electrons. The van der Waals surface area contributed by atoms with E-state index in [2.05, 4.69) is 29.2 Å². The van der Waals surface area contributed by atoms with Crippen molar-refractivity contribution in [1.82, 2.24) is 0 Å². The summed E-state index contributed by atoms with van der Waals surface area (Å²) in [6.45, 7) is 3.79. The Hall–Kier alpha value is -0.0200. The van der Waals surface area contributed by atoms with Gasteiger partial charge in [0.15, 0.2) is 0 Å². The fourth-order valence-corrected chi connectivity index (χ4v) is 1.18. The predicted octanol–water partition coefficient (Wildman–Crippen LogP) is 3.75. The van der Waals surface area contributed by atoms with Crippen LogP contribution in [0, 0.1) is 0 Å². The molecule has 0 aliphatic heterocycles. The second kappa shape index (κ2) is 3.39. The zero-order chi connectivity index (χ0) is 7.56. The molecule has 0 bridgehead atoms. The molecule has 0 amide bonds. The molecular weight excluding hydrogens is 258 g/mol. The van der Waals surface area contributed by atoms with E-state index < -0.39 is 0 Å². The molecule has 0 aliphatic carbocycles. The van der Waals surface area contributed by atoms with Crippen LogP contribution in [0.4, 0.5) is 0 Å². The number of hydrogen-bond acceptors (Lipinski definition) is 0. The van der Waals surface area contributed by atoms with Crippen molar-refractivity contribution in [3.8, 4) is 0 Å². The van der Waals surface area contributed by atoms with E-state index in [0.717, 1.165) is 14.2 Å². The third-order valence-electron chi connectivity index (χ3n) is 1.14. The average Bonchev–Trinajstić information content (AvgIpc) is 1.88. The lowest BCUT2D eigenvalue weighted by Gasteiger charge is -1.96. The lowest BCUT2D eigenvalue weighted by Crippen LogP contribution is -1.72. The maximum atomic E-state index is 5.74. The monoisotopic (exact) mass is 264 g/mol. The Balaban J connectivity index is 3.07. The molecule has 1 aromatic rings. The Morgan fingerprint density at radius 2 is 2.20 bits per heavy atom. The van der Waals surface area contributed by atoms with E-state index in [9.17, 15) is 0 Å². The van der Waals surface area contributed by atoms with E-state index in [0.29, 0.717) is 0 Å². The van der Waals surface area contributed by atoms with Crippen molar-refractivity contribution in [2.24, 2.45) is 0 Å². The summed E-state index contributed by atoms with van der Waals surface area (Å²) in [5, 5.41) is 0.760. The normalized spacial score (nSPS) is 9.40. The third kappa shape index (κ3) is 1.99. The van der Waals surface area contributed by atoms with Gasteiger partial charge in [0.2, 0.25) is 0 Å². The smallest absolute Gasteiger partial charge is 0.0412 e. The molecule has 10 heavy (non-hydrogen) atoms. The summed E-state index contributed by atoms with van der Waals surface area (Å²) in [7, 11) is 0. The summed E-state index contributed by atoms with van der Waals surface area (Å²) in [4.78, 5) is 0. The number of benzene rings is 1. The van der Waals surface area contributed by atoms with E-state index in [-0.39, 0.29) is 0 Å². The Morgan fingerprint density at radius 3 is 2.60 bits per heavy atom. The van der Waals surface area contributed by atoms with Gasteiger partial charge in [0.05, 0.1) is 0 Å². The van der Waals surface area contributed by atoms with Crippen LogP contribution < -0.4 is 0 Å². The Labute approximate surface area is 79.0 Å². The van der Waals surface area contributed by atoms with E-state index in [1.54, 1.807) is 0 Å². The van der Waals surface area contributed by atoms with Crippen LogP contribution >= 0.6 is 34.2 Å². The fraction of sp³-hybridized carbons (Fsp3) is 0. The molecule has 0 atom stereocenters. The largest absolute Gasteiger partial charge is 0.0850 e. The summed E-state index contributed by atoms with van der Waals surface area (Å²) >= 11 is 7.92. The molecule has 0 aliphatic rings. The second-order valence-corrected chi connectivity index (χ2v) is 3.65. The van der Waals surface area contributed by atoms with E-state index in [4.69, 9.17) is 11.6 Å². The van der Waals surface area contributed by atoms with Crippen LogP contribution in [0.3, 0.4) is 0 Å². The Kier molecular flexibility index (Phi) is 2.74. The van der Waals surface area contributed by atoms with E-state index in [1.807, 2.05) is 24.3 Å². The SMILES string of the molecule is C=C(I)c1cccc(Cl)c1. The molecule has 0 spiro atoms. The summed E-state index contributed by atoms with van der Waals surface area (Å²) in [5.74, 6) is 0. The van der Waals surface area contributed by atoms with Gasteiger partial charge in [-0.15, -0.1) is 0 Å². The van der Waals surface area contributed by atoms with Crippen LogP contribution in [-0.4, -0.2) is 0 Å². The average molecular weight is 264 g/mol. The first kappa shape index (κ1) is 8.08. The first-order valence-corrected chi connectivity index (χ1v) is 4.26. The van der Waals surface area contributed by atoms with Gasteiger partial charge in [-0.05, 0) is 40.3 Å². The highest BCUT2D eigenvalue weighted by Crippen LogP contribution is 2.21. The van der Waals surface area contributed by atoms with Crippen LogP contribution in [0.15, 0.2) is 30.8 Å². The predicted molar refractivity (Wildman–Crippen MR) is 54.5 cm³/mol. The quantitative estimate of drug-likeness (QED) is 0.678. The van der Waals surface area contributed by atoms with Crippen LogP contribution in [0.5, 0.6) is 0 Å². The number of halogens is 2. The number of rotatable bonds is 1. The van der Waals surface area contributed by atoms with Gasteiger partial charge in [-0.25, -0.2) is 0 Å². The molecule has 0 unspecified atom stereocenters. The van der Waals surface area contributed by atoms with Crippen LogP contribution in [-0.2, 0) is 0 Å². The minimum atomic E-state index is 0.760. The van der Waals surface area contributed by atoms with Gasteiger partial charge in [0, 0.05) is 8.60 Å².